The van der Waals surface area contributed by atoms with Crippen LogP contribution in [0.15, 0.2) is 35.2 Å². The first kappa shape index (κ1) is 13.5. The molecular formula is C13H12Cl2N2S. The number of halogens is 2. The molecule has 0 aliphatic heterocycles. The lowest BCUT2D eigenvalue weighted by Crippen LogP contribution is -1.91. The predicted molar refractivity (Wildman–Crippen MR) is 79.4 cm³/mol. The van der Waals surface area contributed by atoms with Crippen LogP contribution in [0, 0.1) is 6.92 Å². The molecule has 0 radical (unpaired) electrons. The number of nitrogens with zero attached hydrogens (tertiary/aromatic N) is 1. The van der Waals surface area contributed by atoms with Gasteiger partial charge in [0.25, 0.3) is 0 Å². The van der Waals surface area contributed by atoms with Gasteiger partial charge < -0.3 is 5.73 Å². The predicted octanol–water partition coefficient (Wildman–Crippen LogP) is 4.57. The average molecular weight is 299 g/mol. The highest BCUT2D eigenvalue weighted by atomic mass is 35.5. The summed E-state index contributed by atoms with van der Waals surface area (Å²) in [5.41, 5.74) is 8.09. The highest BCUT2D eigenvalue weighted by molar-refractivity contribution is 7.98. The van der Waals surface area contributed by atoms with Gasteiger partial charge in [0, 0.05) is 32.6 Å². The smallest absolute Gasteiger partial charge is 0.134 e. The number of thioether (sulfide) groups is 1. The first-order valence-corrected chi connectivity index (χ1v) is 7.10. The van der Waals surface area contributed by atoms with Crippen LogP contribution in [0.2, 0.25) is 10.2 Å². The van der Waals surface area contributed by atoms with E-state index in [2.05, 4.69) is 4.98 Å². The summed E-state index contributed by atoms with van der Waals surface area (Å²) in [6.45, 7) is 1.87. The van der Waals surface area contributed by atoms with Crippen molar-refractivity contribution < 1.29 is 0 Å². The molecule has 2 aromatic rings. The Bertz CT molecular complexity index is 532. The molecule has 2 nitrogen and oxygen atoms in total. The van der Waals surface area contributed by atoms with E-state index in [1.54, 1.807) is 11.8 Å². The number of rotatable bonds is 3. The Morgan fingerprint density at radius 3 is 2.50 bits per heavy atom. The molecule has 0 amide bonds. The van der Waals surface area contributed by atoms with Crippen LogP contribution in [0.4, 0.5) is 5.69 Å². The molecule has 18 heavy (non-hydrogen) atoms. The average Bonchev–Trinajstić information content (AvgIpc) is 2.30. The number of aromatic nitrogens is 1. The molecule has 0 aliphatic carbocycles. The number of hydrogen-bond donors (Lipinski definition) is 1. The first-order chi connectivity index (χ1) is 8.56. The molecule has 1 aromatic carbocycles. The van der Waals surface area contributed by atoms with Gasteiger partial charge in [-0.2, -0.15) is 0 Å². The molecule has 0 unspecified atom stereocenters. The van der Waals surface area contributed by atoms with Crippen LogP contribution in [-0.4, -0.2) is 4.98 Å². The first-order valence-electron chi connectivity index (χ1n) is 5.36. The third-order valence-corrected chi connectivity index (χ3v) is 4.10. The number of pyridine rings is 1. The van der Waals surface area contributed by atoms with Gasteiger partial charge in [-0.15, -0.1) is 11.8 Å². The molecule has 0 spiro atoms. The summed E-state index contributed by atoms with van der Waals surface area (Å²) >= 11 is 13.9. The Morgan fingerprint density at radius 1 is 1.22 bits per heavy atom. The molecule has 0 fully saturated rings. The van der Waals surface area contributed by atoms with Crippen LogP contribution in [0.25, 0.3) is 0 Å². The van der Waals surface area contributed by atoms with Crippen molar-refractivity contribution in [3.05, 3.63) is 51.8 Å². The summed E-state index contributed by atoms with van der Waals surface area (Å²) in [5, 5.41) is 1.14. The summed E-state index contributed by atoms with van der Waals surface area (Å²) in [4.78, 5) is 5.33. The third kappa shape index (κ3) is 3.31. The fraction of sp³-hybridized carbons (Fsp3) is 0.154. The second-order valence-corrected chi connectivity index (χ2v) is 5.69. The van der Waals surface area contributed by atoms with Gasteiger partial charge in [-0.25, -0.2) is 4.98 Å². The van der Waals surface area contributed by atoms with E-state index in [1.807, 2.05) is 37.3 Å². The largest absolute Gasteiger partial charge is 0.399 e. The lowest BCUT2D eigenvalue weighted by molar-refractivity contribution is 1.16. The van der Waals surface area contributed by atoms with Gasteiger partial charge in [0.15, 0.2) is 0 Å². The Labute approximate surface area is 121 Å². The van der Waals surface area contributed by atoms with Crippen molar-refractivity contribution in [2.75, 3.05) is 5.73 Å². The van der Waals surface area contributed by atoms with Crippen LogP contribution in [-0.2, 0) is 5.75 Å². The van der Waals surface area contributed by atoms with Gasteiger partial charge in [0.2, 0.25) is 0 Å². The number of aryl methyl sites for hydroxylation is 1. The zero-order valence-corrected chi connectivity index (χ0v) is 12.1. The standard InChI is InChI=1S/C13H12Cl2N2S/c1-8-6-12(14)11(13(15)17-8)7-18-10-4-2-9(16)3-5-10/h2-6H,7,16H2,1H3. The molecule has 0 bridgehead atoms. The van der Waals surface area contributed by atoms with Crippen LogP contribution >= 0.6 is 35.0 Å². The zero-order chi connectivity index (χ0) is 13.1. The summed E-state index contributed by atoms with van der Waals surface area (Å²) in [6, 6.07) is 9.52. The van der Waals surface area contributed by atoms with Crippen LogP contribution < -0.4 is 5.73 Å². The molecule has 0 saturated heterocycles. The van der Waals surface area contributed by atoms with E-state index in [1.165, 1.54) is 0 Å². The van der Waals surface area contributed by atoms with Gasteiger partial charge in [0.1, 0.15) is 5.15 Å². The summed E-state index contributed by atoms with van der Waals surface area (Å²) in [7, 11) is 0. The molecule has 94 valence electrons. The van der Waals surface area contributed by atoms with Crippen molar-refractivity contribution >= 4 is 40.7 Å². The number of nitrogens with two attached hydrogens (primary N) is 1. The van der Waals surface area contributed by atoms with E-state index in [0.29, 0.717) is 15.9 Å². The van der Waals surface area contributed by atoms with E-state index in [-0.39, 0.29) is 0 Å². The lowest BCUT2D eigenvalue weighted by Gasteiger charge is -2.07. The van der Waals surface area contributed by atoms with Crippen molar-refractivity contribution in [2.24, 2.45) is 0 Å². The fourth-order valence-electron chi connectivity index (χ4n) is 1.47. The lowest BCUT2D eigenvalue weighted by atomic mass is 10.3. The normalized spacial score (nSPS) is 10.6. The second-order valence-electron chi connectivity index (χ2n) is 3.87. The summed E-state index contributed by atoms with van der Waals surface area (Å²) in [5.74, 6) is 0.689. The number of benzene rings is 1. The van der Waals surface area contributed by atoms with Crippen molar-refractivity contribution in [3.8, 4) is 0 Å². The van der Waals surface area contributed by atoms with Gasteiger partial charge >= 0.3 is 0 Å². The molecule has 1 aromatic heterocycles. The van der Waals surface area contributed by atoms with Crippen LogP contribution in [0.1, 0.15) is 11.3 Å². The summed E-state index contributed by atoms with van der Waals surface area (Å²) in [6.07, 6.45) is 0. The van der Waals surface area contributed by atoms with Crippen molar-refractivity contribution in [1.82, 2.24) is 4.98 Å². The highest BCUT2D eigenvalue weighted by Gasteiger charge is 2.09. The Balaban J connectivity index is 2.13. The minimum absolute atomic E-state index is 0.475. The Hall–Kier alpha value is -0.900. The SMILES string of the molecule is Cc1cc(Cl)c(CSc2ccc(N)cc2)c(Cl)n1. The Morgan fingerprint density at radius 2 is 1.89 bits per heavy atom. The Kier molecular flexibility index (Phi) is 4.38. The van der Waals surface area contributed by atoms with E-state index in [0.717, 1.165) is 21.8 Å². The molecule has 0 saturated carbocycles. The van der Waals surface area contributed by atoms with Gasteiger partial charge in [-0.1, -0.05) is 23.2 Å². The van der Waals surface area contributed by atoms with Gasteiger partial charge in [-0.3, -0.25) is 0 Å². The third-order valence-electron chi connectivity index (χ3n) is 2.41. The number of anilines is 1. The van der Waals surface area contributed by atoms with E-state index >= 15 is 0 Å². The number of hydrogen-bond acceptors (Lipinski definition) is 3. The molecule has 0 atom stereocenters. The number of nitrogen functional groups attached to an aromatic ring is 1. The van der Waals surface area contributed by atoms with Crippen LogP contribution in [0.3, 0.4) is 0 Å². The molecule has 2 rings (SSSR count). The van der Waals surface area contributed by atoms with Gasteiger partial charge in [-0.05, 0) is 37.3 Å². The fourth-order valence-corrected chi connectivity index (χ4v) is 3.23. The molecule has 5 heteroatoms. The van der Waals surface area contributed by atoms with Crippen molar-refractivity contribution in [1.29, 1.82) is 0 Å². The van der Waals surface area contributed by atoms with Gasteiger partial charge in [0.05, 0.1) is 0 Å². The zero-order valence-electron chi connectivity index (χ0n) is 9.78. The van der Waals surface area contributed by atoms with E-state index in [9.17, 15) is 0 Å². The maximum atomic E-state index is 6.17. The topological polar surface area (TPSA) is 38.9 Å². The second kappa shape index (κ2) is 5.83. The minimum atomic E-state index is 0.475. The molecule has 0 aliphatic rings. The molecule has 2 N–H and O–H groups in total. The maximum Gasteiger partial charge on any atom is 0.134 e. The maximum absolute atomic E-state index is 6.17. The van der Waals surface area contributed by atoms with Crippen LogP contribution in [0.5, 0.6) is 0 Å². The van der Waals surface area contributed by atoms with Crippen molar-refractivity contribution in [3.63, 3.8) is 0 Å². The minimum Gasteiger partial charge on any atom is -0.399 e. The molecule has 1 heterocycles. The monoisotopic (exact) mass is 298 g/mol. The van der Waals surface area contributed by atoms with Crippen molar-refractivity contribution in [2.45, 2.75) is 17.6 Å². The molecular weight excluding hydrogens is 287 g/mol. The summed E-state index contributed by atoms with van der Waals surface area (Å²) < 4.78 is 0. The highest BCUT2D eigenvalue weighted by Crippen LogP contribution is 2.31. The van der Waals surface area contributed by atoms with E-state index in [4.69, 9.17) is 28.9 Å². The quantitative estimate of drug-likeness (QED) is 0.512. The van der Waals surface area contributed by atoms with E-state index < -0.39 is 0 Å².